The van der Waals surface area contributed by atoms with Crippen molar-refractivity contribution in [2.45, 2.75) is 51.2 Å². The van der Waals surface area contributed by atoms with E-state index in [9.17, 15) is 4.79 Å². The number of nitrogens with one attached hydrogen (secondary N) is 2. The first-order valence-corrected chi connectivity index (χ1v) is 12.0. The normalized spacial score (nSPS) is 15.9. The molecule has 3 aromatic rings. The molecular weight excluding hydrogens is 436 g/mol. The van der Waals surface area contributed by atoms with Gasteiger partial charge < -0.3 is 24.7 Å². The number of ether oxygens (including phenoxy) is 2. The van der Waals surface area contributed by atoms with E-state index in [1.165, 1.54) is 19.3 Å². The summed E-state index contributed by atoms with van der Waals surface area (Å²) in [5.74, 6) is 1.36. The minimum absolute atomic E-state index is 0.129. The van der Waals surface area contributed by atoms with E-state index in [0.29, 0.717) is 54.5 Å². The molecule has 3 heterocycles. The highest BCUT2D eigenvalue weighted by Crippen LogP contribution is 2.33. The molecule has 0 radical (unpaired) electrons. The smallest absolute Gasteiger partial charge is 0.253 e. The van der Waals surface area contributed by atoms with Crippen molar-refractivity contribution in [2.24, 2.45) is 0 Å². The second-order valence-electron chi connectivity index (χ2n) is 8.71. The molecule has 1 aromatic carbocycles. The molecule has 1 aliphatic heterocycles. The molecular formula is C25H28N4O3S. The number of nitrogens with zero attached hydrogens (tertiary/aromatic N) is 2. The second kappa shape index (κ2) is 9.79. The number of rotatable bonds is 5. The Morgan fingerprint density at radius 1 is 1.12 bits per heavy atom. The van der Waals surface area contributed by atoms with Gasteiger partial charge in [-0.05, 0) is 48.8 Å². The zero-order valence-electron chi connectivity index (χ0n) is 18.5. The molecule has 1 saturated carbocycles. The van der Waals surface area contributed by atoms with E-state index in [1.807, 2.05) is 36.5 Å². The third-order valence-corrected chi connectivity index (χ3v) is 6.64. The summed E-state index contributed by atoms with van der Waals surface area (Å²) < 4.78 is 11.4. The lowest BCUT2D eigenvalue weighted by Gasteiger charge is -2.31. The van der Waals surface area contributed by atoms with Crippen LogP contribution in [0.15, 0.2) is 47.5 Å². The van der Waals surface area contributed by atoms with Gasteiger partial charge in [0.2, 0.25) is 0 Å². The van der Waals surface area contributed by atoms with Gasteiger partial charge in [-0.15, -0.1) is 0 Å². The van der Waals surface area contributed by atoms with E-state index in [1.54, 1.807) is 6.20 Å². The lowest BCUT2D eigenvalue weighted by molar-refractivity contribution is 0.172. The Labute approximate surface area is 198 Å². The number of hydrogen-bond acceptors (Lipinski definition) is 5. The fourth-order valence-corrected chi connectivity index (χ4v) is 4.83. The van der Waals surface area contributed by atoms with Crippen molar-refractivity contribution in [1.82, 2.24) is 20.2 Å². The monoisotopic (exact) mass is 464 g/mol. The van der Waals surface area contributed by atoms with Crippen LogP contribution < -0.4 is 20.3 Å². The molecule has 2 N–H and O–H groups in total. The zero-order valence-corrected chi connectivity index (χ0v) is 19.3. The van der Waals surface area contributed by atoms with Crippen molar-refractivity contribution in [3.8, 4) is 11.5 Å². The third kappa shape index (κ3) is 5.11. The van der Waals surface area contributed by atoms with Gasteiger partial charge in [-0.1, -0.05) is 25.3 Å². The molecule has 33 heavy (non-hydrogen) atoms. The van der Waals surface area contributed by atoms with Crippen LogP contribution in [0.1, 0.15) is 43.2 Å². The largest absolute Gasteiger partial charge is 0.486 e. The Morgan fingerprint density at radius 3 is 2.67 bits per heavy atom. The van der Waals surface area contributed by atoms with Crippen molar-refractivity contribution < 1.29 is 9.47 Å². The van der Waals surface area contributed by atoms with Gasteiger partial charge in [-0.2, -0.15) is 0 Å². The highest BCUT2D eigenvalue weighted by Gasteiger charge is 2.20. The summed E-state index contributed by atoms with van der Waals surface area (Å²) in [4.78, 5) is 22.3. The van der Waals surface area contributed by atoms with Gasteiger partial charge in [0.05, 0.1) is 12.1 Å². The van der Waals surface area contributed by atoms with E-state index in [0.717, 1.165) is 29.3 Å². The topological polar surface area (TPSA) is 79.5 Å². The number of aromatic nitrogens is 2. The zero-order chi connectivity index (χ0) is 22.6. The van der Waals surface area contributed by atoms with Crippen LogP contribution in [0.25, 0.3) is 10.9 Å². The Bertz CT molecular complexity index is 1190. The van der Waals surface area contributed by atoms with E-state index >= 15 is 0 Å². The average molecular weight is 465 g/mol. The maximum atomic E-state index is 13.0. The number of benzene rings is 1. The average Bonchev–Trinajstić information content (AvgIpc) is 2.84. The third-order valence-electron chi connectivity index (χ3n) is 6.26. The first kappa shape index (κ1) is 21.7. The molecule has 0 bridgehead atoms. The quantitative estimate of drug-likeness (QED) is 0.555. The molecule has 5 rings (SSSR count). The van der Waals surface area contributed by atoms with Crippen LogP contribution in [0.2, 0.25) is 0 Å². The Kier molecular flexibility index (Phi) is 6.44. The minimum atomic E-state index is -0.129. The summed E-state index contributed by atoms with van der Waals surface area (Å²) in [5.41, 5.74) is 2.29. The van der Waals surface area contributed by atoms with Crippen LogP contribution >= 0.6 is 12.2 Å². The number of thiocarbonyl (C=S) groups is 1. The number of aromatic amines is 1. The van der Waals surface area contributed by atoms with Crippen molar-refractivity contribution in [2.75, 3.05) is 13.2 Å². The lowest BCUT2D eigenvalue weighted by Crippen LogP contribution is -2.45. The van der Waals surface area contributed by atoms with Gasteiger partial charge in [0.1, 0.15) is 13.2 Å². The molecule has 2 aromatic heterocycles. The van der Waals surface area contributed by atoms with Crippen molar-refractivity contribution >= 4 is 28.2 Å². The van der Waals surface area contributed by atoms with Crippen molar-refractivity contribution in [1.29, 1.82) is 0 Å². The summed E-state index contributed by atoms with van der Waals surface area (Å²) in [6.45, 7) is 2.00. The number of hydrogen-bond donors (Lipinski definition) is 2. The fourth-order valence-electron chi connectivity index (χ4n) is 4.54. The van der Waals surface area contributed by atoms with Gasteiger partial charge in [-0.3, -0.25) is 9.78 Å². The summed E-state index contributed by atoms with van der Waals surface area (Å²) in [7, 11) is 0. The summed E-state index contributed by atoms with van der Waals surface area (Å²) in [5, 5.41) is 5.12. The van der Waals surface area contributed by atoms with Crippen LogP contribution in [-0.4, -0.2) is 39.2 Å². The Morgan fingerprint density at radius 2 is 1.91 bits per heavy atom. The molecule has 0 spiro atoms. The molecule has 172 valence electrons. The van der Waals surface area contributed by atoms with Gasteiger partial charge >= 0.3 is 0 Å². The molecule has 1 fully saturated rings. The SMILES string of the molecule is O=c1[nH]c2cc3c(cc2cc1CN(Cc1cccnc1)C(=S)NC1CCCCC1)OCCO3. The van der Waals surface area contributed by atoms with Crippen LogP contribution in [0.5, 0.6) is 11.5 Å². The molecule has 2 aliphatic rings. The van der Waals surface area contributed by atoms with Crippen LogP contribution in [0.4, 0.5) is 0 Å². The lowest BCUT2D eigenvalue weighted by atomic mass is 9.96. The Hall–Kier alpha value is -3.13. The highest BCUT2D eigenvalue weighted by molar-refractivity contribution is 7.80. The predicted octanol–water partition coefficient (Wildman–Crippen LogP) is 3.90. The van der Waals surface area contributed by atoms with E-state index in [2.05, 4.69) is 20.2 Å². The van der Waals surface area contributed by atoms with Gasteiger partial charge in [-0.25, -0.2) is 0 Å². The van der Waals surface area contributed by atoms with Crippen molar-refractivity contribution in [3.63, 3.8) is 0 Å². The van der Waals surface area contributed by atoms with Gasteiger partial charge in [0.15, 0.2) is 16.6 Å². The van der Waals surface area contributed by atoms with Gasteiger partial charge in [0.25, 0.3) is 5.56 Å². The first-order chi connectivity index (χ1) is 16.2. The standard InChI is InChI=1S/C25H28N4O3S/c30-24-19(11-18-12-22-23(13-21(18)28-24)32-10-9-31-22)16-29(15-17-5-4-8-26-14-17)25(33)27-20-6-2-1-3-7-20/h4-5,8,11-14,20H,1-3,6-7,9-10,15-16H2,(H,27,33)(H,28,30). The summed E-state index contributed by atoms with van der Waals surface area (Å²) >= 11 is 5.82. The number of pyridine rings is 2. The van der Waals surface area contributed by atoms with Crippen LogP contribution in [0.3, 0.4) is 0 Å². The van der Waals surface area contributed by atoms with E-state index < -0.39 is 0 Å². The predicted molar refractivity (Wildman–Crippen MR) is 132 cm³/mol. The molecule has 0 atom stereocenters. The fraction of sp³-hybridized carbons (Fsp3) is 0.400. The van der Waals surface area contributed by atoms with E-state index in [-0.39, 0.29) is 5.56 Å². The van der Waals surface area contributed by atoms with Crippen LogP contribution in [-0.2, 0) is 13.1 Å². The highest BCUT2D eigenvalue weighted by atomic mass is 32.1. The number of H-pyrrole nitrogens is 1. The number of fused-ring (bicyclic) bond motifs is 2. The molecule has 0 unspecified atom stereocenters. The van der Waals surface area contributed by atoms with Crippen LogP contribution in [0, 0.1) is 0 Å². The molecule has 0 saturated heterocycles. The molecule has 1 aliphatic carbocycles. The molecule has 7 nitrogen and oxygen atoms in total. The van der Waals surface area contributed by atoms with Crippen molar-refractivity contribution in [3.05, 3.63) is 64.2 Å². The first-order valence-electron chi connectivity index (χ1n) is 11.6. The summed E-state index contributed by atoms with van der Waals surface area (Å²) in [6, 6.07) is 10.0. The molecule has 8 heteroatoms. The summed E-state index contributed by atoms with van der Waals surface area (Å²) in [6.07, 6.45) is 9.59. The molecule has 0 amide bonds. The maximum Gasteiger partial charge on any atom is 0.253 e. The minimum Gasteiger partial charge on any atom is -0.486 e. The Balaban J connectivity index is 1.42. The second-order valence-corrected chi connectivity index (χ2v) is 9.10. The van der Waals surface area contributed by atoms with Gasteiger partial charge in [0, 0.05) is 42.0 Å². The maximum absolute atomic E-state index is 13.0. The van der Waals surface area contributed by atoms with E-state index in [4.69, 9.17) is 21.7 Å².